The molecule has 0 aliphatic heterocycles. The smallest absolute Gasteiger partial charge is 0.172 e. The van der Waals surface area contributed by atoms with Crippen molar-refractivity contribution in [3.63, 3.8) is 0 Å². The summed E-state index contributed by atoms with van der Waals surface area (Å²) >= 11 is 1.69. The fourth-order valence-corrected chi connectivity index (χ4v) is 2.99. The average molecular weight is 259 g/mol. The zero-order valence-electron chi connectivity index (χ0n) is 10.3. The van der Waals surface area contributed by atoms with Crippen LogP contribution in [0.2, 0.25) is 0 Å². The van der Waals surface area contributed by atoms with E-state index in [1.54, 1.807) is 11.8 Å². The summed E-state index contributed by atoms with van der Waals surface area (Å²) in [6, 6.07) is 6.07. The Balaban J connectivity index is 1.85. The molecule has 3 aromatic rings. The van der Waals surface area contributed by atoms with Gasteiger partial charge in [0.1, 0.15) is 5.76 Å². The van der Waals surface area contributed by atoms with Gasteiger partial charge in [0.2, 0.25) is 0 Å². The summed E-state index contributed by atoms with van der Waals surface area (Å²) in [4.78, 5) is 4.43. The number of hydrogen-bond donors (Lipinski definition) is 0. The molecular weight excluding hydrogens is 246 g/mol. The molecule has 4 nitrogen and oxygen atoms in total. The third kappa shape index (κ3) is 1.90. The van der Waals surface area contributed by atoms with E-state index in [1.807, 2.05) is 44.4 Å². The van der Waals surface area contributed by atoms with Crippen molar-refractivity contribution in [2.45, 2.75) is 24.8 Å². The lowest BCUT2D eigenvalue weighted by Crippen LogP contribution is -1.89. The number of aryl methyl sites for hydroxylation is 2. The summed E-state index contributed by atoms with van der Waals surface area (Å²) in [5.41, 5.74) is 3.23. The number of hydrogen-bond acceptors (Lipinski definition) is 4. The molecule has 5 heteroatoms. The van der Waals surface area contributed by atoms with Crippen molar-refractivity contribution in [1.29, 1.82) is 0 Å². The minimum atomic E-state index is 0.829. The van der Waals surface area contributed by atoms with Gasteiger partial charge in [0.05, 0.1) is 17.4 Å². The average Bonchev–Trinajstić information content (AvgIpc) is 2.93. The molecule has 0 radical (unpaired) electrons. The molecule has 0 spiro atoms. The maximum Gasteiger partial charge on any atom is 0.172 e. The Morgan fingerprint density at radius 2 is 2.22 bits per heavy atom. The normalized spacial score (nSPS) is 11.2. The van der Waals surface area contributed by atoms with Crippen LogP contribution in [0.4, 0.5) is 0 Å². The molecule has 0 aliphatic carbocycles. The lowest BCUT2D eigenvalue weighted by atomic mass is 10.2. The minimum Gasteiger partial charge on any atom is -0.361 e. The summed E-state index contributed by atoms with van der Waals surface area (Å²) in [7, 11) is 0. The fraction of sp³-hybridized carbons (Fsp3) is 0.231. The van der Waals surface area contributed by atoms with E-state index in [4.69, 9.17) is 4.52 Å². The number of imidazole rings is 1. The van der Waals surface area contributed by atoms with Gasteiger partial charge in [-0.05, 0) is 26.0 Å². The highest BCUT2D eigenvalue weighted by molar-refractivity contribution is 7.98. The Labute approximate surface area is 109 Å². The van der Waals surface area contributed by atoms with Crippen molar-refractivity contribution in [2.24, 2.45) is 0 Å². The number of nitrogens with zero attached hydrogens (tertiary/aromatic N) is 3. The topological polar surface area (TPSA) is 43.3 Å². The zero-order chi connectivity index (χ0) is 12.5. The van der Waals surface area contributed by atoms with E-state index in [2.05, 4.69) is 14.5 Å². The summed E-state index contributed by atoms with van der Waals surface area (Å²) in [5.74, 6) is 1.72. The van der Waals surface area contributed by atoms with Crippen LogP contribution in [0.1, 0.15) is 17.0 Å². The Kier molecular flexibility index (Phi) is 2.83. The monoisotopic (exact) mass is 259 g/mol. The highest BCUT2D eigenvalue weighted by atomic mass is 32.2. The van der Waals surface area contributed by atoms with Gasteiger partial charge in [-0.25, -0.2) is 4.98 Å². The van der Waals surface area contributed by atoms with Gasteiger partial charge in [-0.3, -0.25) is 4.40 Å². The molecule has 92 valence electrons. The maximum absolute atomic E-state index is 5.16. The van der Waals surface area contributed by atoms with E-state index in [-0.39, 0.29) is 0 Å². The molecule has 0 N–H and O–H groups in total. The SMILES string of the molecule is Cc1noc(C)c1CSc1ncc2ccccn12. The Morgan fingerprint density at radius 3 is 3.00 bits per heavy atom. The van der Waals surface area contributed by atoms with Gasteiger partial charge in [-0.1, -0.05) is 23.0 Å². The second kappa shape index (κ2) is 4.49. The molecule has 0 amide bonds. The van der Waals surface area contributed by atoms with E-state index in [0.29, 0.717) is 0 Å². The molecular formula is C13H13N3OS. The van der Waals surface area contributed by atoms with Gasteiger partial charge in [-0.15, -0.1) is 0 Å². The molecule has 3 aromatic heterocycles. The second-order valence-corrected chi connectivity index (χ2v) is 5.07. The molecule has 0 aliphatic rings. The summed E-state index contributed by atoms with van der Waals surface area (Å²) in [6.45, 7) is 3.91. The third-order valence-electron chi connectivity index (χ3n) is 2.93. The van der Waals surface area contributed by atoms with E-state index >= 15 is 0 Å². The fourth-order valence-electron chi connectivity index (χ4n) is 1.87. The highest BCUT2D eigenvalue weighted by Crippen LogP contribution is 2.25. The number of fused-ring (bicyclic) bond motifs is 1. The van der Waals surface area contributed by atoms with Crippen LogP contribution in [0.3, 0.4) is 0 Å². The van der Waals surface area contributed by atoms with Gasteiger partial charge in [0, 0.05) is 17.5 Å². The molecule has 3 rings (SSSR count). The van der Waals surface area contributed by atoms with Crippen LogP contribution in [0.5, 0.6) is 0 Å². The van der Waals surface area contributed by atoms with Crippen LogP contribution in [-0.4, -0.2) is 14.5 Å². The van der Waals surface area contributed by atoms with E-state index in [1.165, 1.54) is 0 Å². The highest BCUT2D eigenvalue weighted by Gasteiger charge is 2.11. The first kappa shape index (κ1) is 11.3. The van der Waals surface area contributed by atoms with Crippen LogP contribution >= 0.6 is 11.8 Å². The minimum absolute atomic E-state index is 0.829. The van der Waals surface area contributed by atoms with Crippen LogP contribution in [-0.2, 0) is 5.75 Å². The maximum atomic E-state index is 5.16. The van der Waals surface area contributed by atoms with Crippen molar-refractivity contribution < 1.29 is 4.52 Å². The van der Waals surface area contributed by atoms with Crippen LogP contribution in [0, 0.1) is 13.8 Å². The number of thioether (sulfide) groups is 1. The molecule has 0 saturated carbocycles. The molecule has 0 aromatic carbocycles. The van der Waals surface area contributed by atoms with Crippen LogP contribution < -0.4 is 0 Å². The first-order valence-corrected chi connectivity index (χ1v) is 6.71. The number of pyridine rings is 1. The van der Waals surface area contributed by atoms with Gasteiger partial charge in [-0.2, -0.15) is 0 Å². The molecule has 0 unspecified atom stereocenters. The Morgan fingerprint density at radius 1 is 1.33 bits per heavy atom. The van der Waals surface area contributed by atoms with Gasteiger partial charge in [0.15, 0.2) is 5.16 Å². The summed E-state index contributed by atoms with van der Waals surface area (Å²) in [5, 5.41) is 4.95. The lowest BCUT2D eigenvalue weighted by molar-refractivity contribution is 0.392. The van der Waals surface area contributed by atoms with Crippen LogP contribution in [0.25, 0.3) is 5.52 Å². The van der Waals surface area contributed by atoms with Crippen molar-refractivity contribution in [3.8, 4) is 0 Å². The van der Waals surface area contributed by atoms with Gasteiger partial charge < -0.3 is 4.52 Å². The first-order chi connectivity index (χ1) is 8.75. The number of rotatable bonds is 3. The lowest BCUT2D eigenvalue weighted by Gasteiger charge is -2.00. The summed E-state index contributed by atoms with van der Waals surface area (Å²) < 4.78 is 7.25. The third-order valence-corrected chi connectivity index (χ3v) is 3.92. The van der Waals surface area contributed by atoms with Crippen molar-refractivity contribution in [1.82, 2.24) is 14.5 Å². The Hall–Kier alpha value is -1.75. The molecule has 0 fully saturated rings. The predicted molar refractivity (Wildman–Crippen MR) is 70.7 cm³/mol. The van der Waals surface area contributed by atoms with Crippen molar-refractivity contribution >= 4 is 17.3 Å². The van der Waals surface area contributed by atoms with E-state index in [9.17, 15) is 0 Å². The second-order valence-electron chi connectivity index (χ2n) is 4.13. The summed E-state index contributed by atoms with van der Waals surface area (Å²) in [6.07, 6.45) is 3.91. The quantitative estimate of drug-likeness (QED) is 0.677. The predicted octanol–water partition coefficient (Wildman–Crippen LogP) is 3.23. The molecule has 0 atom stereocenters. The van der Waals surface area contributed by atoms with Gasteiger partial charge in [0.25, 0.3) is 0 Å². The van der Waals surface area contributed by atoms with Crippen molar-refractivity contribution in [2.75, 3.05) is 0 Å². The van der Waals surface area contributed by atoms with E-state index in [0.717, 1.165) is 33.4 Å². The molecule has 18 heavy (non-hydrogen) atoms. The first-order valence-electron chi connectivity index (χ1n) is 5.72. The van der Waals surface area contributed by atoms with Crippen LogP contribution in [0.15, 0.2) is 40.3 Å². The Bertz CT molecular complexity index is 667. The molecule has 3 heterocycles. The van der Waals surface area contributed by atoms with Gasteiger partial charge >= 0.3 is 0 Å². The molecule has 0 bridgehead atoms. The van der Waals surface area contributed by atoms with Crippen molar-refractivity contribution in [3.05, 3.63) is 47.6 Å². The number of aromatic nitrogens is 3. The molecule has 0 saturated heterocycles. The zero-order valence-corrected chi connectivity index (χ0v) is 11.1. The largest absolute Gasteiger partial charge is 0.361 e. The standard InChI is InChI=1S/C13H13N3OS/c1-9-12(10(2)17-15-9)8-18-13-14-7-11-5-3-4-6-16(11)13/h3-7H,8H2,1-2H3. The van der Waals surface area contributed by atoms with E-state index < -0.39 is 0 Å².